The summed E-state index contributed by atoms with van der Waals surface area (Å²) in [5, 5.41) is 37.1. The van der Waals surface area contributed by atoms with Gasteiger partial charge in [0.05, 0.1) is 23.7 Å². The average molecular weight is 300 g/mol. The van der Waals surface area contributed by atoms with Gasteiger partial charge in [0.25, 0.3) is 0 Å². The Labute approximate surface area is 119 Å². The highest BCUT2D eigenvalue weighted by Gasteiger charge is 2.62. The molecule has 6 unspecified atom stereocenters. The number of carbonyl (C=O) groups is 4. The average Bonchev–Trinajstić information content (AvgIpc) is 2.73. The lowest BCUT2D eigenvalue weighted by atomic mass is 9.69. The highest BCUT2D eigenvalue weighted by atomic mass is 16.4. The first-order valence-electron chi connectivity index (χ1n) is 6.68. The number of carboxylic acids is 4. The van der Waals surface area contributed by atoms with Gasteiger partial charge in [-0.05, 0) is 24.7 Å². The molecule has 0 aromatic heterocycles. The molecule has 2 saturated carbocycles. The fourth-order valence-electron chi connectivity index (χ4n) is 4.17. The molecule has 0 aromatic carbocycles. The van der Waals surface area contributed by atoms with E-state index in [0.29, 0.717) is 12.8 Å². The normalized spacial score (nSPS) is 38.5. The number of hydrogen-bond acceptors (Lipinski definition) is 4. The van der Waals surface area contributed by atoms with Gasteiger partial charge < -0.3 is 20.4 Å². The van der Waals surface area contributed by atoms with E-state index < -0.39 is 59.4 Å². The molecule has 2 rings (SSSR count). The molecule has 8 nitrogen and oxygen atoms in total. The molecule has 21 heavy (non-hydrogen) atoms. The van der Waals surface area contributed by atoms with Crippen molar-refractivity contribution in [2.45, 2.75) is 19.3 Å². The lowest BCUT2D eigenvalue weighted by molar-refractivity contribution is -0.159. The van der Waals surface area contributed by atoms with Gasteiger partial charge in [-0.15, -0.1) is 0 Å². The van der Waals surface area contributed by atoms with Gasteiger partial charge >= 0.3 is 23.9 Å². The molecule has 0 aliphatic heterocycles. The zero-order chi connectivity index (χ0) is 15.9. The summed E-state index contributed by atoms with van der Waals surface area (Å²) in [6, 6.07) is 0. The Morgan fingerprint density at radius 1 is 0.667 bits per heavy atom. The Balaban J connectivity index is 2.52. The SMILES string of the molecule is O=C(O)C1CCCC2C(C(=O)O)C(C(=O)O)C(C(=O)O)C12. The largest absolute Gasteiger partial charge is 0.481 e. The zero-order valence-corrected chi connectivity index (χ0v) is 11.0. The summed E-state index contributed by atoms with van der Waals surface area (Å²) in [5.41, 5.74) is 0. The molecule has 116 valence electrons. The maximum absolute atomic E-state index is 11.5. The minimum atomic E-state index is -1.59. The quantitative estimate of drug-likeness (QED) is 0.576. The molecule has 0 amide bonds. The van der Waals surface area contributed by atoms with Crippen molar-refractivity contribution in [3.8, 4) is 0 Å². The van der Waals surface area contributed by atoms with Crippen LogP contribution in [0.25, 0.3) is 0 Å². The lowest BCUT2D eigenvalue weighted by Crippen LogP contribution is -2.38. The van der Waals surface area contributed by atoms with E-state index >= 15 is 0 Å². The summed E-state index contributed by atoms with van der Waals surface area (Å²) in [7, 11) is 0. The van der Waals surface area contributed by atoms with Crippen molar-refractivity contribution < 1.29 is 39.6 Å². The van der Waals surface area contributed by atoms with Crippen LogP contribution in [0.3, 0.4) is 0 Å². The molecule has 0 heterocycles. The minimum absolute atomic E-state index is 0.249. The van der Waals surface area contributed by atoms with E-state index in [-0.39, 0.29) is 6.42 Å². The first-order valence-corrected chi connectivity index (χ1v) is 6.68. The van der Waals surface area contributed by atoms with Crippen LogP contribution in [-0.2, 0) is 19.2 Å². The second kappa shape index (κ2) is 5.34. The van der Waals surface area contributed by atoms with Gasteiger partial charge in [0.1, 0.15) is 0 Å². The first-order chi connectivity index (χ1) is 9.77. The number of aliphatic carboxylic acids is 4. The standard InChI is InChI=1S/C13H16O8/c14-10(15)5-3-1-2-4-6(5)8(12(18)19)9(13(20)21)7(4)11(16)17/h4-9H,1-3H2,(H,14,15)(H,16,17)(H,18,19)(H,20,21). The molecule has 0 spiro atoms. The lowest BCUT2D eigenvalue weighted by Gasteiger charge is -2.34. The summed E-state index contributed by atoms with van der Waals surface area (Å²) in [5.74, 6) is -12.6. The van der Waals surface area contributed by atoms with Crippen LogP contribution in [-0.4, -0.2) is 44.3 Å². The van der Waals surface area contributed by atoms with Crippen LogP contribution in [0, 0.1) is 35.5 Å². The molecule has 4 N–H and O–H groups in total. The van der Waals surface area contributed by atoms with Crippen molar-refractivity contribution in [3.05, 3.63) is 0 Å². The molecule has 2 aliphatic rings. The van der Waals surface area contributed by atoms with Gasteiger partial charge in [0.15, 0.2) is 0 Å². The Morgan fingerprint density at radius 3 is 1.62 bits per heavy atom. The van der Waals surface area contributed by atoms with E-state index in [0.717, 1.165) is 0 Å². The second-order valence-corrected chi connectivity index (χ2v) is 5.71. The number of carboxylic acid groups (broad SMARTS) is 4. The van der Waals surface area contributed by atoms with Crippen LogP contribution in [0.1, 0.15) is 19.3 Å². The fourth-order valence-corrected chi connectivity index (χ4v) is 4.17. The molecule has 0 saturated heterocycles. The molecule has 2 aliphatic carbocycles. The third kappa shape index (κ3) is 2.34. The summed E-state index contributed by atoms with van der Waals surface area (Å²) in [6.07, 6.45) is 1.05. The van der Waals surface area contributed by atoms with Crippen molar-refractivity contribution in [2.24, 2.45) is 35.5 Å². The van der Waals surface area contributed by atoms with Gasteiger partial charge in [-0.25, -0.2) is 0 Å². The predicted molar refractivity (Wildman–Crippen MR) is 65.3 cm³/mol. The van der Waals surface area contributed by atoms with E-state index in [1.165, 1.54) is 0 Å². The zero-order valence-electron chi connectivity index (χ0n) is 11.0. The summed E-state index contributed by atoms with van der Waals surface area (Å²) in [4.78, 5) is 45.6. The molecule has 6 atom stereocenters. The van der Waals surface area contributed by atoms with Crippen LogP contribution in [0.5, 0.6) is 0 Å². The smallest absolute Gasteiger partial charge is 0.308 e. The third-order valence-corrected chi connectivity index (χ3v) is 4.83. The van der Waals surface area contributed by atoms with Gasteiger partial charge in [-0.3, -0.25) is 19.2 Å². The molecule has 8 heteroatoms. The van der Waals surface area contributed by atoms with Crippen LogP contribution in [0.4, 0.5) is 0 Å². The number of fused-ring (bicyclic) bond motifs is 1. The maximum atomic E-state index is 11.5. The summed E-state index contributed by atoms with van der Waals surface area (Å²) >= 11 is 0. The van der Waals surface area contributed by atoms with Crippen molar-refractivity contribution in [1.82, 2.24) is 0 Å². The molecular formula is C13H16O8. The van der Waals surface area contributed by atoms with Gasteiger partial charge in [0, 0.05) is 0 Å². The van der Waals surface area contributed by atoms with Crippen molar-refractivity contribution in [3.63, 3.8) is 0 Å². The maximum Gasteiger partial charge on any atom is 0.308 e. The van der Waals surface area contributed by atoms with Crippen molar-refractivity contribution in [2.75, 3.05) is 0 Å². The molecule has 2 fully saturated rings. The number of hydrogen-bond donors (Lipinski definition) is 4. The topological polar surface area (TPSA) is 149 Å². The van der Waals surface area contributed by atoms with Crippen molar-refractivity contribution in [1.29, 1.82) is 0 Å². The van der Waals surface area contributed by atoms with E-state index in [9.17, 15) is 39.6 Å². The van der Waals surface area contributed by atoms with E-state index in [1.807, 2.05) is 0 Å². The van der Waals surface area contributed by atoms with Crippen molar-refractivity contribution >= 4 is 23.9 Å². The minimum Gasteiger partial charge on any atom is -0.481 e. The second-order valence-electron chi connectivity index (χ2n) is 5.71. The summed E-state index contributed by atoms with van der Waals surface area (Å²) < 4.78 is 0. The van der Waals surface area contributed by atoms with Crippen LogP contribution >= 0.6 is 0 Å². The van der Waals surface area contributed by atoms with E-state index in [1.54, 1.807) is 0 Å². The highest BCUT2D eigenvalue weighted by molar-refractivity contribution is 5.88. The molecule has 0 aromatic rings. The van der Waals surface area contributed by atoms with Crippen LogP contribution < -0.4 is 0 Å². The Morgan fingerprint density at radius 2 is 1.19 bits per heavy atom. The molecule has 0 radical (unpaired) electrons. The first kappa shape index (κ1) is 15.3. The van der Waals surface area contributed by atoms with Gasteiger partial charge in [-0.2, -0.15) is 0 Å². The Bertz CT molecular complexity index is 498. The monoisotopic (exact) mass is 300 g/mol. The van der Waals surface area contributed by atoms with Gasteiger partial charge in [-0.1, -0.05) is 6.42 Å². The molecular weight excluding hydrogens is 284 g/mol. The predicted octanol–water partition coefficient (Wildman–Crippen LogP) is 0.220. The Kier molecular flexibility index (Phi) is 3.89. The fraction of sp³-hybridized carbons (Fsp3) is 0.692. The highest BCUT2D eigenvalue weighted by Crippen LogP contribution is 2.55. The van der Waals surface area contributed by atoms with E-state index in [2.05, 4.69) is 0 Å². The van der Waals surface area contributed by atoms with Gasteiger partial charge in [0.2, 0.25) is 0 Å². The Hall–Kier alpha value is -2.12. The van der Waals surface area contributed by atoms with Crippen LogP contribution in [0.2, 0.25) is 0 Å². The van der Waals surface area contributed by atoms with Crippen LogP contribution in [0.15, 0.2) is 0 Å². The molecule has 0 bridgehead atoms. The van der Waals surface area contributed by atoms with E-state index in [4.69, 9.17) is 0 Å². The number of rotatable bonds is 4. The summed E-state index contributed by atoms with van der Waals surface area (Å²) in [6.45, 7) is 0. The third-order valence-electron chi connectivity index (χ3n) is 4.83.